The van der Waals surface area contributed by atoms with Crippen LogP contribution < -0.4 is 10.6 Å². The number of aliphatic hydroxyl groups excluding tert-OH is 1. The number of rotatable bonds is 10. The minimum absolute atomic E-state index is 0.0116. The van der Waals surface area contributed by atoms with E-state index in [1.165, 1.54) is 17.0 Å². The van der Waals surface area contributed by atoms with E-state index in [2.05, 4.69) is 16.6 Å². The maximum absolute atomic E-state index is 14.2. The van der Waals surface area contributed by atoms with Crippen LogP contribution in [0.4, 0.5) is 4.79 Å². The molecule has 0 radical (unpaired) electrons. The number of phenols is 1. The molecule has 0 aromatic heterocycles. The van der Waals surface area contributed by atoms with E-state index in [0.29, 0.717) is 16.7 Å². The van der Waals surface area contributed by atoms with Gasteiger partial charge in [-0.05, 0) is 69.0 Å². The number of amides is 3. The molecular weight excluding hydrogens is 522 g/mol. The molecule has 4 N–H and O–H groups in total. The molecule has 3 amide bonds. The Balaban J connectivity index is 1.99. The van der Waals surface area contributed by atoms with Crippen LogP contribution >= 0.6 is 0 Å². The van der Waals surface area contributed by atoms with Crippen LogP contribution in [0.15, 0.2) is 48.5 Å². The Morgan fingerprint density at radius 2 is 1.68 bits per heavy atom. The monoisotopic (exact) mass is 563 g/mol. The molecule has 2 aromatic carbocycles. The first-order chi connectivity index (χ1) is 19.5. The Bertz CT molecular complexity index is 1210. The third-order valence-corrected chi connectivity index (χ3v) is 6.89. The van der Waals surface area contributed by atoms with Crippen LogP contribution in [0.5, 0.6) is 5.75 Å². The second-order valence-electron chi connectivity index (χ2n) is 11.3. The summed E-state index contributed by atoms with van der Waals surface area (Å²) in [6, 6.07) is 10.9. The van der Waals surface area contributed by atoms with Crippen molar-refractivity contribution in [1.82, 2.24) is 15.5 Å². The fourth-order valence-electron chi connectivity index (χ4n) is 4.95. The van der Waals surface area contributed by atoms with Gasteiger partial charge in [-0.2, -0.15) is 0 Å². The van der Waals surface area contributed by atoms with Crippen molar-refractivity contribution < 1.29 is 29.3 Å². The van der Waals surface area contributed by atoms with Gasteiger partial charge in [0, 0.05) is 24.6 Å². The molecule has 1 aliphatic carbocycles. The van der Waals surface area contributed by atoms with Crippen LogP contribution in [0.2, 0.25) is 0 Å². The van der Waals surface area contributed by atoms with E-state index in [1.807, 2.05) is 0 Å². The number of nitrogens with zero attached hydrogens (tertiary/aromatic N) is 1. The molecule has 1 saturated carbocycles. The summed E-state index contributed by atoms with van der Waals surface area (Å²) >= 11 is 0. The fraction of sp³-hybridized carbons (Fsp3) is 0.469. The molecule has 2 unspecified atom stereocenters. The third kappa shape index (κ3) is 9.54. The molecule has 220 valence electrons. The van der Waals surface area contributed by atoms with E-state index in [0.717, 1.165) is 32.1 Å². The Morgan fingerprint density at radius 1 is 1.05 bits per heavy atom. The van der Waals surface area contributed by atoms with Crippen molar-refractivity contribution in [1.29, 1.82) is 0 Å². The standard InChI is InChI=1S/C32H41N3O6/c1-5-22-11-15-24(16-12-22)28(29(38)33-25-9-7-6-8-10-25)35(19-20-36)30(39)27(34-31(40)41-32(2,3)4)21-23-13-17-26(37)18-14-23/h1,11-18,25,27-28,36-37H,6-10,19-21H2,2-4H3,(H,33,38)(H,34,40). The first kappa shape index (κ1) is 31.5. The van der Waals surface area contributed by atoms with Crippen molar-refractivity contribution in [2.45, 2.75) is 83.0 Å². The van der Waals surface area contributed by atoms with Gasteiger partial charge in [0.15, 0.2) is 0 Å². The van der Waals surface area contributed by atoms with E-state index in [4.69, 9.17) is 11.2 Å². The van der Waals surface area contributed by atoms with Crippen LogP contribution in [0, 0.1) is 12.3 Å². The van der Waals surface area contributed by atoms with E-state index < -0.39 is 36.3 Å². The van der Waals surface area contributed by atoms with Crippen LogP contribution in [0.25, 0.3) is 0 Å². The SMILES string of the molecule is C#Cc1ccc(C(C(=O)NC2CCCCC2)N(CCO)C(=O)C(Cc2ccc(O)cc2)NC(=O)OC(C)(C)C)cc1. The zero-order chi connectivity index (χ0) is 30.0. The average Bonchev–Trinajstić information content (AvgIpc) is 2.93. The highest BCUT2D eigenvalue weighted by molar-refractivity contribution is 5.92. The van der Waals surface area contributed by atoms with Gasteiger partial charge in [-0.3, -0.25) is 9.59 Å². The van der Waals surface area contributed by atoms with Crippen molar-refractivity contribution in [3.05, 3.63) is 65.2 Å². The number of nitrogens with one attached hydrogen (secondary N) is 2. The smallest absolute Gasteiger partial charge is 0.408 e. The minimum atomic E-state index is -1.13. The molecule has 9 nitrogen and oxygen atoms in total. The van der Waals surface area contributed by atoms with Gasteiger partial charge >= 0.3 is 6.09 Å². The zero-order valence-corrected chi connectivity index (χ0v) is 24.1. The predicted molar refractivity (Wildman–Crippen MR) is 156 cm³/mol. The minimum Gasteiger partial charge on any atom is -0.508 e. The second-order valence-corrected chi connectivity index (χ2v) is 11.3. The third-order valence-electron chi connectivity index (χ3n) is 6.89. The Hall–Kier alpha value is -4.03. The summed E-state index contributed by atoms with van der Waals surface area (Å²) in [5.74, 6) is 1.68. The van der Waals surface area contributed by atoms with Crippen molar-refractivity contribution in [2.75, 3.05) is 13.2 Å². The molecule has 0 heterocycles. The molecular formula is C32H41N3O6. The van der Waals surface area contributed by atoms with E-state index in [-0.39, 0.29) is 30.7 Å². The lowest BCUT2D eigenvalue weighted by atomic mass is 9.94. The molecule has 1 fully saturated rings. The summed E-state index contributed by atoms with van der Waals surface area (Å²) in [5, 5.41) is 25.5. The van der Waals surface area contributed by atoms with E-state index in [1.54, 1.807) is 57.2 Å². The molecule has 0 spiro atoms. The van der Waals surface area contributed by atoms with Crippen LogP contribution in [0.1, 0.15) is 75.6 Å². The number of terminal acetylenes is 1. The van der Waals surface area contributed by atoms with Gasteiger partial charge in [0.25, 0.3) is 0 Å². The molecule has 1 aliphatic rings. The van der Waals surface area contributed by atoms with Crippen molar-refractivity contribution in [3.63, 3.8) is 0 Å². The highest BCUT2D eigenvalue weighted by Gasteiger charge is 2.37. The average molecular weight is 564 g/mol. The van der Waals surface area contributed by atoms with Crippen molar-refractivity contribution in [3.8, 4) is 18.1 Å². The maximum atomic E-state index is 14.2. The molecule has 3 rings (SSSR count). The zero-order valence-electron chi connectivity index (χ0n) is 24.1. The number of carbonyl (C=O) groups excluding carboxylic acids is 3. The molecule has 0 aliphatic heterocycles. The molecule has 2 atom stereocenters. The lowest BCUT2D eigenvalue weighted by Gasteiger charge is -2.35. The normalized spacial score (nSPS) is 15.2. The first-order valence-electron chi connectivity index (χ1n) is 14.1. The van der Waals surface area contributed by atoms with Crippen LogP contribution in [0.3, 0.4) is 0 Å². The lowest BCUT2D eigenvalue weighted by molar-refractivity contribution is -0.143. The van der Waals surface area contributed by atoms with Crippen molar-refractivity contribution in [2.24, 2.45) is 0 Å². The number of phenolic OH excluding ortho intramolecular Hbond substituents is 1. The Labute approximate surface area is 242 Å². The number of aliphatic hydroxyl groups is 1. The number of carbonyl (C=O) groups is 3. The Morgan fingerprint density at radius 3 is 2.24 bits per heavy atom. The van der Waals surface area contributed by atoms with E-state index in [9.17, 15) is 24.6 Å². The number of hydrogen-bond donors (Lipinski definition) is 4. The van der Waals surface area contributed by atoms with Gasteiger partial charge in [-0.1, -0.05) is 49.4 Å². The molecule has 41 heavy (non-hydrogen) atoms. The number of benzene rings is 2. The highest BCUT2D eigenvalue weighted by atomic mass is 16.6. The summed E-state index contributed by atoms with van der Waals surface area (Å²) in [5.41, 5.74) is 1.02. The van der Waals surface area contributed by atoms with Gasteiger partial charge in [0.05, 0.1) is 6.61 Å². The number of ether oxygens (including phenoxy) is 1. The molecule has 0 bridgehead atoms. The summed E-state index contributed by atoms with van der Waals surface area (Å²) < 4.78 is 5.43. The van der Waals surface area contributed by atoms with Crippen LogP contribution in [-0.4, -0.2) is 63.9 Å². The van der Waals surface area contributed by atoms with Gasteiger partial charge in [-0.15, -0.1) is 6.42 Å². The quantitative estimate of drug-likeness (QED) is 0.326. The largest absolute Gasteiger partial charge is 0.508 e. The molecule has 0 saturated heterocycles. The highest BCUT2D eigenvalue weighted by Crippen LogP contribution is 2.26. The number of hydrogen-bond acceptors (Lipinski definition) is 6. The lowest BCUT2D eigenvalue weighted by Crippen LogP contribution is -2.55. The first-order valence-corrected chi connectivity index (χ1v) is 14.1. The van der Waals surface area contributed by atoms with Gasteiger partial charge in [0.2, 0.25) is 11.8 Å². The van der Waals surface area contributed by atoms with Gasteiger partial charge in [-0.25, -0.2) is 4.79 Å². The van der Waals surface area contributed by atoms with Gasteiger partial charge in [0.1, 0.15) is 23.4 Å². The molecule has 9 heteroatoms. The fourth-order valence-corrected chi connectivity index (χ4v) is 4.95. The van der Waals surface area contributed by atoms with Gasteiger partial charge < -0.3 is 30.5 Å². The maximum Gasteiger partial charge on any atom is 0.408 e. The number of alkyl carbamates (subject to hydrolysis) is 1. The van der Waals surface area contributed by atoms with Crippen LogP contribution in [-0.2, 0) is 20.7 Å². The topological polar surface area (TPSA) is 128 Å². The predicted octanol–water partition coefficient (Wildman–Crippen LogP) is 3.82. The summed E-state index contributed by atoms with van der Waals surface area (Å²) in [7, 11) is 0. The summed E-state index contributed by atoms with van der Waals surface area (Å²) in [6.45, 7) is 4.59. The summed E-state index contributed by atoms with van der Waals surface area (Å²) in [6.07, 6.45) is 9.66. The van der Waals surface area contributed by atoms with Crippen molar-refractivity contribution >= 4 is 17.9 Å². The van der Waals surface area contributed by atoms with E-state index >= 15 is 0 Å². The second kappa shape index (κ2) is 14.6. The summed E-state index contributed by atoms with van der Waals surface area (Å²) in [4.78, 5) is 42.2. The number of aromatic hydroxyl groups is 1. The molecule has 2 aromatic rings. The Kier molecular flexibility index (Phi) is 11.2.